The Morgan fingerprint density at radius 1 is 1.47 bits per heavy atom. The molecule has 2 N–H and O–H groups in total. The van der Waals surface area contributed by atoms with Gasteiger partial charge in [0.1, 0.15) is 0 Å². The van der Waals surface area contributed by atoms with E-state index in [9.17, 15) is 9.59 Å². The molecular formula is C10H20N2O3. The second kappa shape index (κ2) is 7.23. The van der Waals surface area contributed by atoms with Gasteiger partial charge in [0.2, 0.25) is 5.91 Å². The Balaban J connectivity index is 3.90. The molecule has 0 aromatic rings. The molecule has 0 aliphatic heterocycles. The fraction of sp³-hybridized carbons (Fsp3) is 0.800. The fourth-order valence-electron chi connectivity index (χ4n) is 1.20. The van der Waals surface area contributed by atoms with Crippen LogP contribution in [0.3, 0.4) is 0 Å². The zero-order chi connectivity index (χ0) is 11.8. The van der Waals surface area contributed by atoms with Crippen molar-refractivity contribution in [3.05, 3.63) is 0 Å². The molecule has 5 nitrogen and oxygen atoms in total. The van der Waals surface area contributed by atoms with Crippen LogP contribution >= 0.6 is 0 Å². The highest BCUT2D eigenvalue weighted by atomic mass is 16.4. The van der Waals surface area contributed by atoms with E-state index in [1.165, 1.54) is 4.90 Å². The van der Waals surface area contributed by atoms with Crippen molar-refractivity contribution in [3.8, 4) is 0 Å². The molecule has 0 heterocycles. The molecule has 0 fully saturated rings. The number of rotatable bonds is 7. The van der Waals surface area contributed by atoms with Crippen LogP contribution in [-0.2, 0) is 9.59 Å². The Morgan fingerprint density at radius 3 is 2.53 bits per heavy atom. The Morgan fingerprint density at radius 2 is 2.07 bits per heavy atom. The number of hydrogen-bond donors (Lipinski definition) is 2. The number of amides is 1. The molecule has 0 spiro atoms. The van der Waals surface area contributed by atoms with Gasteiger partial charge in [-0.1, -0.05) is 13.8 Å². The maximum atomic E-state index is 11.7. The molecule has 1 atom stereocenters. The lowest BCUT2D eigenvalue weighted by atomic mass is 10.1. The average Bonchev–Trinajstić information content (AvgIpc) is 2.21. The first-order valence-corrected chi connectivity index (χ1v) is 5.16. The van der Waals surface area contributed by atoms with Crippen molar-refractivity contribution < 1.29 is 14.7 Å². The average molecular weight is 216 g/mol. The highest BCUT2D eigenvalue weighted by Gasteiger charge is 2.17. The van der Waals surface area contributed by atoms with Crippen LogP contribution in [0.1, 0.15) is 20.3 Å². The molecule has 0 saturated heterocycles. The molecule has 1 unspecified atom stereocenters. The molecule has 0 aromatic carbocycles. The summed E-state index contributed by atoms with van der Waals surface area (Å²) in [5.74, 6) is -1.00. The highest BCUT2D eigenvalue weighted by Crippen LogP contribution is 2.00. The lowest BCUT2D eigenvalue weighted by molar-refractivity contribution is -0.138. The summed E-state index contributed by atoms with van der Waals surface area (Å²) in [5.41, 5.74) is 0. The van der Waals surface area contributed by atoms with Crippen LogP contribution in [0.4, 0.5) is 0 Å². The minimum Gasteiger partial charge on any atom is -0.481 e. The third kappa shape index (κ3) is 6.06. The Bertz CT molecular complexity index is 219. The third-order valence-corrected chi connectivity index (χ3v) is 2.16. The highest BCUT2D eigenvalue weighted by molar-refractivity contribution is 5.79. The Hall–Kier alpha value is -1.10. The number of carboxylic acids is 1. The van der Waals surface area contributed by atoms with Gasteiger partial charge in [0, 0.05) is 26.1 Å². The number of hydrogen-bond acceptors (Lipinski definition) is 3. The maximum Gasteiger partial charge on any atom is 0.305 e. The fourth-order valence-corrected chi connectivity index (χ4v) is 1.20. The number of nitrogens with zero attached hydrogens (tertiary/aromatic N) is 1. The van der Waals surface area contributed by atoms with Crippen LogP contribution in [0.5, 0.6) is 0 Å². The topological polar surface area (TPSA) is 69.6 Å². The van der Waals surface area contributed by atoms with Gasteiger partial charge in [-0.2, -0.15) is 0 Å². The van der Waals surface area contributed by atoms with Crippen molar-refractivity contribution in [3.63, 3.8) is 0 Å². The van der Waals surface area contributed by atoms with Crippen LogP contribution in [0, 0.1) is 5.92 Å². The summed E-state index contributed by atoms with van der Waals surface area (Å²) in [5, 5.41) is 11.6. The van der Waals surface area contributed by atoms with Gasteiger partial charge in [0.25, 0.3) is 0 Å². The minimum atomic E-state index is -0.881. The van der Waals surface area contributed by atoms with E-state index in [0.717, 1.165) is 6.54 Å². The normalized spacial score (nSPS) is 12.2. The lowest BCUT2D eigenvalue weighted by Crippen LogP contribution is -2.37. The zero-order valence-electron chi connectivity index (χ0n) is 9.62. The van der Waals surface area contributed by atoms with Crippen LogP contribution in [-0.4, -0.2) is 48.6 Å². The first-order valence-electron chi connectivity index (χ1n) is 5.16. The Kier molecular flexibility index (Phi) is 6.70. The molecule has 88 valence electrons. The van der Waals surface area contributed by atoms with Gasteiger partial charge < -0.3 is 15.3 Å². The number of carbonyl (C=O) groups is 2. The minimum absolute atomic E-state index is 0.00380. The van der Waals surface area contributed by atoms with Gasteiger partial charge in [-0.25, -0.2) is 0 Å². The molecule has 0 bridgehead atoms. The predicted molar refractivity (Wildman–Crippen MR) is 57.6 cm³/mol. The van der Waals surface area contributed by atoms with E-state index in [2.05, 4.69) is 5.32 Å². The molecule has 0 saturated carbocycles. The maximum absolute atomic E-state index is 11.7. The van der Waals surface area contributed by atoms with Crippen molar-refractivity contribution in [2.75, 3.05) is 26.7 Å². The van der Waals surface area contributed by atoms with E-state index in [0.29, 0.717) is 6.54 Å². The molecule has 5 heteroatoms. The summed E-state index contributed by atoms with van der Waals surface area (Å²) in [6.07, 6.45) is -0.00380. The SMILES string of the molecule is CCNCC(C)C(=O)N(C)CCC(=O)O. The molecule has 0 rings (SSSR count). The van der Waals surface area contributed by atoms with E-state index < -0.39 is 5.97 Å². The number of carbonyl (C=O) groups excluding carboxylic acids is 1. The smallest absolute Gasteiger partial charge is 0.305 e. The van der Waals surface area contributed by atoms with Crippen molar-refractivity contribution in [2.45, 2.75) is 20.3 Å². The van der Waals surface area contributed by atoms with Crippen LogP contribution in [0.25, 0.3) is 0 Å². The first-order chi connectivity index (χ1) is 6.99. The molecule has 0 aromatic heterocycles. The van der Waals surface area contributed by atoms with Gasteiger partial charge in [-0.15, -0.1) is 0 Å². The van der Waals surface area contributed by atoms with Crippen molar-refractivity contribution in [1.82, 2.24) is 10.2 Å². The van der Waals surface area contributed by atoms with Crippen molar-refractivity contribution >= 4 is 11.9 Å². The number of aliphatic carboxylic acids is 1. The summed E-state index contributed by atoms with van der Waals surface area (Å²) < 4.78 is 0. The first kappa shape index (κ1) is 13.9. The van der Waals surface area contributed by atoms with Gasteiger partial charge in [0.15, 0.2) is 0 Å². The van der Waals surface area contributed by atoms with E-state index in [1.54, 1.807) is 7.05 Å². The number of nitrogens with one attached hydrogen (secondary N) is 1. The zero-order valence-corrected chi connectivity index (χ0v) is 9.62. The summed E-state index contributed by atoms with van der Waals surface area (Å²) in [7, 11) is 1.63. The van der Waals surface area contributed by atoms with Crippen LogP contribution < -0.4 is 5.32 Å². The molecule has 1 amide bonds. The van der Waals surface area contributed by atoms with Gasteiger partial charge >= 0.3 is 5.97 Å². The quantitative estimate of drug-likeness (QED) is 0.636. The Labute approximate surface area is 90.5 Å². The third-order valence-electron chi connectivity index (χ3n) is 2.16. The molecular weight excluding hydrogens is 196 g/mol. The monoisotopic (exact) mass is 216 g/mol. The van der Waals surface area contributed by atoms with Crippen molar-refractivity contribution in [2.24, 2.45) is 5.92 Å². The molecule has 0 radical (unpaired) electrons. The lowest BCUT2D eigenvalue weighted by Gasteiger charge is -2.20. The predicted octanol–water partition coefficient (Wildman–Crippen LogP) is 0.165. The van der Waals surface area contributed by atoms with Crippen LogP contribution in [0.2, 0.25) is 0 Å². The van der Waals surface area contributed by atoms with E-state index in [1.807, 2.05) is 13.8 Å². The van der Waals surface area contributed by atoms with E-state index >= 15 is 0 Å². The van der Waals surface area contributed by atoms with Crippen LogP contribution in [0.15, 0.2) is 0 Å². The van der Waals surface area contributed by atoms with Gasteiger partial charge in [-0.05, 0) is 6.54 Å². The van der Waals surface area contributed by atoms with E-state index in [-0.39, 0.29) is 24.8 Å². The largest absolute Gasteiger partial charge is 0.481 e. The van der Waals surface area contributed by atoms with E-state index in [4.69, 9.17) is 5.11 Å². The van der Waals surface area contributed by atoms with Gasteiger partial charge in [0.05, 0.1) is 6.42 Å². The van der Waals surface area contributed by atoms with Crippen molar-refractivity contribution in [1.29, 1.82) is 0 Å². The molecule has 0 aliphatic carbocycles. The number of carboxylic acid groups (broad SMARTS) is 1. The standard InChI is InChI=1S/C10H20N2O3/c1-4-11-7-8(2)10(15)12(3)6-5-9(13)14/h8,11H,4-7H2,1-3H3,(H,13,14). The molecule has 0 aliphatic rings. The second-order valence-corrected chi connectivity index (χ2v) is 3.61. The molecule has 15 heavy (non-hydrogen) atoms. The summed E-state index contributed by atoms with van der Waals surface area (Å²) in [6, 6.07) is 0. The summed E-state index contributed by atoms with van der Waals surface area (Å²) in [6.45, 7) is 5.54. The summed E-state index contributed by atoms with van der Waals surface area (Å²) >= 11 is 0. The van der Waals surface area contributed by atoms with Gasteiger partial charge in [-0.3, -0.25) is 9.59 Å². The second-order valence-electron chi connectivity index (χ2n) is 3.61. The summed E-state index contributed by atoms with van der Waals surface area (Å²) in [4.78, 5) is 23.4.